The van der Waals surface area contributed by atoms with Crippen LogP contribution in [-0.4, -0.2) is 10.8 Å². The van der Waals surface area contributed by atoms with Gasteiger partial charge in [0.2, 0.25) is 5.91 Å². The van der Waals surface area contributed by atoms with Crippen LogP contribution in [0.15, 0.2) is 42.5 Å². The first kappa shape index (κ1) is 18.4. The number of carbonyl (C=O) groups is 1. The maximum absolute atomic E-state index is 11.4. The van der Waals surface area contributed by atoms with Crippen molar-refractivity contribution in [2.45, 2.75) is 33.2 Å². The van der Waals surface area contributed by atoms with E-state index in [9.17, 15) is 14.9 Å². The van der Waals surface area contributed by atoms with Crippen LogP contribution in [0.25, 0.3) is 0 Å². The molecule has 0 aliphatic carbocycles. The summed E-state index contributed by atoms with van der Waals surface area (Å²) in [7, 11) is 0. The summed E-state index contributed by atoms with van der Waals surface area (Å²) in [5.41, 5.74) is 7.84. The van der Waals surface area contributed by atoms with Gasteiger partial charge in [-0.2, -0.15) is 0 Å². The number of primary amides is 1. The third-order valence-corrected chi connectivity index (χ3v) is 4.20. The van der Waals surface area contributed by atoms with Crippen LogP contribution in [0, 0.1) is 16.0 Å². The molecule has 0 bridgehead atoms. The molecule has 25 heavy (non-hydrogen) atoms. The fraction of sp³-hybridized carbons (Fsp3) is 0.316. The summed E-state index contributed by atoms with van der Waals surface area (Å²) in [5, 5.41) is 14.6. The highest BCUT2D eigenvalue weighted by Crippen LogP contribution is 2.32. The molecule has 0 heterocycles. The first-order valence-corrected chi connectivity index (χ1v) is 8.27. The van der Waals surface area contributed by atoms with E-state index < -0.39 is 10.8 Å². The molecular formula is C19H23N3O3. The van der Waals surface area contributed by atoms with E-state index in [-0.39, 0.29) is 23.2 Å². The molecule has 0 saturated heterocycles. The van der Waals surface area contributed by atoms with Gasteiger partial charge in [-0.25, -0.2) is 0 Å². The number of nitrogens with two attached hydrogens (primary N) is 1. The molecule has 2 rings (SSSR count). The number of aryl methyl sites for hydroxylation is 1. The van der Waals surface area contributed by atoms with Crippen LogP contribution in [0.3, 0.4) is 0 Å². The second-order valence-electron chi connectivity index (χ2n) is 6.31. The van der Waals surface area contributed by atoms with Crippen LogP contribution >= 0.6 is 0 Å². The molecule has 0 radical (unpaired) electrons. The number of nitrogens with one attached hydrogen (secondary N) is 1. The van der Waals surface area contributed by atoms with E-state index in [2.05, 4.69) is 38.2 Å². The van der Waals surface area contributed by atoms with E-state index in [0.29, 0.717) is 5.69 Å². The van der Waals surface area contributed by atoms with Crippen molar-refractivity contribution in [1.29, 1.82) is 0 Å². The van der Waals surface area contributed by atoms with Crippen molar-refractivity contribution in [3.05, 3.63) is 69.3 Å². The Hall–Kier alpha value is -2.89. The van der Waals surface area contributed by atoms with Gasteiger partial charge in [0.05, 0.1) is 11.0 Å². The number of hydrogen-bond acceptors (Lipinski definition) is 4. The van der Waals surface area contributed by atoms with Gasteiger partial charge >= 0.3 is 0 Å². The highest BCUT2D eigenvalue weighted by atomic mass is 16.6. The van der Waals surface area contributed by atoms with Crippen molar-refractivity contribution in [2.75, 3.05) is 5.32 Å². The van der Waals surface area contributed by atoms with Gasteiger partial charge in [-0.1, -0.05) is 45.0 Å². The quantitative estimate of drug-likeness (QED) is 0.586. The third-order valence-electron chi connectivity index (χ3n) is 4.20. The Morgan fingerprint density at radius 3 is 2.32 bits per heavy atom. The van der Waals surface area contributed by atoms with E-state index in [1.54, 1.807) is 0 Å². The maximum atomic E-state index is 11.4. The Balaban J connectivity index is 2.38. The maximum Gasteiger partial charge on any atom is 0.293 e. The van der Waals surface area contributed by atoms with E-state index in [4.69, 9.17) is 5.73 Å². The van der Waals surface area contributed by atoms with Gasteiger partial charge in [-0.05, 0) is 35.6 Å². The number of carbonyl (C=O) groups excluding carboxylic acids is 1. The van der Waals surface area contributed by atoms with E-state index in [1.165, 1.54) is 23.8 Å². The molecule has 0 saturated carbocycles. The summed E-state index contributed by atoms with van der Waals surface area (Å²) in [5.74, 6) is -0.479. The number of nitro benzene ring substituents is 1. The van der Waals surface area contributed by atoms with Gasteiger partial charge in [-0.15, -0.1) is 0 Å². The first-order valence-electron chi connectivity index (χ1n) is 8.27. The lowest BCUT2D eigenvalue weighted by Gasteiger charge is -2.24. The Kier molecular flexibility index (Phi) is 5.75. The largest absolute Gasteiger partial charge is 0.372 e. The van der Waals surface area contributed by atoms with E-state index >= 15 is 0 Å². The summed E-state index contributed by atoms with van der Waals surface area (Å²) >= 11 is 0. The Morgan fingerprint density at radius 2 is 1.84 bits per heavy atom. The Morgan fingerprint density at radius 1 is 1.20 bits per heavy atom. The van der Waals surface area contributed by atoms with Crippen LogP contribution in [0.5, 0.6) is 0 Å². The number of anilines is 1. The zero-order chi connectivity index (χ0) is 18.6. The molecule has 6 heteroatoms. The zero-order valence-corrected chi connectivity index (χ0v) is 14.7. The van der Waals surface area contributed by atoms with Crippen LogP contribution in [0.4, 0.5) is 11.4 Å². The average Bonchev–Trinajstić information content (AvgIpc) is 2.59. The van der Waals surface area contributed by atoms with Gasteiger partial charge in [0.1, 0.15) is 5.69 Å². The summed E-state index contributed by atoms with van der Waals surface area (Å²) in [6.45, 7) is 6.20. The average molecular weight is 341 g/mol. The molecule has 3 N–H and O–H groups in total. The monoisotopic (exact) mass is 341 g/mol. The summed E-state index contributed by atoms with van der Waals surface area (Å²) < 4.78 is 0. The first-order chi connectivity index (χ1) is 11.8. The van der Waals surface area contributed by atoms with Crippen molar-refractivity contribution in [2.24, 2.45) is 11.7 Å². The smallest absolute Gasteiger partial charge is 0.293 e. The second-order valence-corrected chi connectivity index (χ2v) is 6.31. The van der Waals surface area contributed by atoms with Crippen molar-refractivity contribution >= 4 is 17.3 Å². The third kappa shape index (κ3) is 4.35. The summed E-state index contributed by atoms with van der Waals surface area (Å²) in [6, 6.07) is 12.4. The van der Waals surface area contributed by atoms with E-state index in [0.717, 1.165) is 12.0 Å². The van der Waals surface area contributed by atoms with Crippen molar-refractivity contribution < 1.29 is 9.72 Å². The normalized spacial score (nSPS) is 12.0. The lowest BCUT2D eigenvalue weighted by atomic mass is 9.94. The number of hydrogen-bond donors (Lipinski definition) is 2. The Bertz CT molecular complexity index is 770. The molecule has 2 aromatic carbocycles. The van der Waals surface area contributed by atoms with Crippen molar-refractivity contribution in [3.63, 3.8) is 0 Å². The number of benzene rings is 2. The molecular weight excluding hydrogens is 318 g/mol. The fourth-order valence-electron chi connectivity index (χ4n) is 2.72. The molecule has 0 aromatic heterocycles. The minimum Gasteiger partial charge on any atom is -0.372 e. The van der Waals surface area contributed by atoms with E-state index in [1.807, 2.05) is 12.1 Å². The molecule has 0 aliphatic rings. The Labute approximate surface area is 147 Å². The molecule has 1 atom stereocenters. The van der Waals surface area contributed by atoms with Crippen LogP contribution in [-0.2, 0) is 6.42 Å². The lowest BCUT2D eigenvalue weighted by molar-refractivity contribution is -0.384. The predicted octanol–water partition coefficient (Wildman–Crippen LogP) is 4.07. The molecule has 6 nitrogen and oxygen atoms in total. The number of rotatable bonds is 7. The molecule has 132 valence electrons. The topological polar surface area (TPSA) is 98.3 Å². The number of amides is 1. The highest BCUT2D eigenvalue weighted by molar-refractivity contribution is 5.94. The second kappa shape index (κ2) is 7.79. The zero-order valence-electron chi connectivity index (χ0n) is 14.7. The SMILES string of the molecule is CCc1ccc([C@@H](Nc2ccc(C(N)=O)cc2[N+](=O)[O-])C(C)C)cc1. The van der Waals surface area contributed by atoms with Gasteiger partial charge in [0, 0.05) is 11.6 Å². The van der Waals surface area contributed by atoms with Crippen LogP contribution in [0.2, 0.25) is 0 Å². The minimum absolute atomic E-state index is 0.0935. The molecule has 2 aromatic rings. The van der Waals surface area contributed by atoms with Gasteiger partial charge in [0.25, 0.3) is 5.69 Å². The predicted molar refractivity (Wildman–Crippen MR) is 98.6 cm³/mol. The van der Waals surface area contributed by atoms with Crippen molar-refractivity contribution in [1.82, 2.24) is 0 Å². The summed E-state index contributed by atoms with van der Waals surface area (Å²) in [6.07, 6.45) is 0.958. The lowest BCUT2D eigenvalue weighted by Crippen LogP contribution is -2.18. The van der Waals surface area contributed by atoms with Gasteiger partial charge in [0.15, 0.2) is 0 Å². The standard InChI is InChI=1S/C19H23N3O3/c1-4-13-5-7-14(8-6-13)18(12(2)3)21-16-10-9-15(19(20)23)11-17(16)22(24)25/h5-12,18,21H,4H2,1-3H3,(H2,20,23)/t18-/m0/s1. The minimum atomic E-state index is -0.690. The molecule has 0 spiro atoms. The number of nitro groups is 1. The van der Waals surface area contributed by atoms with Gasteiger partial charge < -0.3 is 11.1 Å². The van der Waals surface area contributed by atoms with Gasteiger partial charge in [-0.3, -0.25) is 14.9 Å². The number of nitrogens with zero attached hydrogens (tertiary/aromatic N) is 1. The highest BCUT2D eigenvalue weighted by Gasteiger charge is 2.22. The molecule has 1 amide bonds. The van der Waals surface area contributed by atoms with Crippen molar-refractivity contribution in [3.8, 4) is 0 Å². The molecule has 0 fully saturated rings. The molecule has 0 unspecified atom stereocenters. The molecule has 0 aliphatic heterocycles. The van der Waals surface area contributed by atoms with Crippen LogP contribution < -0.4 is 11.1 Å². The fourth-order valence-corrected chi connectivity index (χ4v) is 2.72. The van der Waals surface area contributed by atoms with Crippen LogP contribution in [0.1, 0.15) is 48.3 Å². The summed E-state index contributed by atoms with van der Waals surface area (Å²) in [4.78, 5) is 22.2.